The number of hydrogen-bond acceptors (Lipinski definition) is 6. The Hall–Kier alpha value is -3.07. The molecule has 9 heteroatoms. The van der Waals surface area contributed by atoms with Crippen LogP contribution < -0.4 is 5.56 Å². The molecule has 30 heavy (non-hydrogen) atoms. The molecule has 156 valence electrons. The number of amides is 1. The van der Waals surface area contributed by atoms with Crippen molar-refractivity contribution in [3.63, 3.8) is 0 Å². The quantitative estimate of drug-likeness (QED) is 0.705. The first kappa shape index (κ1) is 18.9. The van der Waals surface area contributed by atoms with Gasteiger partial charge in [-0.25, -0.2) is 9.50 Å². The first-order chi connectivity index (χ1) is 14.6. The summed E-state index contributed by atoms with van der Waals surface area (Å²) in [4.78, 5) is 38.9. The molecule has 0 aliphatic carbocycles. The Morgan fingerprint density at radius 2 is 2.03 bits per heavy atom. The number of aromatic nitrogens is 5. The van der Waals surface area contributed by atoms with Gasteiger partial charge in [0.1, 0.15) is 17.3 Å². The molecule has 0 aromatic carbocycles. The standard InChI is InChI=1S/C21H24N6O3/c1-13-11-26(21(29)16-4-2-3-7-22-16)12-15(13)18-24-20(28)17-10-23-19(27(17)25-18)14-5-8-30-9-6-14/h2-4,7,10,13-15H,5-6,8-9,11-12H2,1H3,(H,24,25,28). The number of nitrogens with zero attached hydrogens (tertiary/aromatic N) is 5. The first-order valence-corrected chi connectivity index (χ1v) is 10.4. The fraction of sp³-hybridized carbons (Fsp3) is 0.476. The molecule has 2 saturated heterocycles. The number of rotatable bonds is 3. The molecule has 2 aliphatic heterocycles. The highest BCUT2D eigenvalue weighted by atomic mass is 16.5. The molecule has 5 heterocycles. The monoisotopic (exact) mass is 408 g/mol. The van der Waals surface area contributed by atoms with E-state index in [1.807, 2.05) is 0 Å². The largest absolute Gasteiger partial charge is 0.381 e. The molecule has 2 aliphatic rings. The number of carbonyl (C=O) groups excluding carboxylic acids is 1. The third-order valence-corrected chi connectivity index (χ3v) is 6.17. The predicted octanol–water partition coefficient (Wildman–Crippen LogP) is 1.58. The minimum atomic E-state index is -0.201. The maximum absolute atomic E-state index is 12.8. The van der Waals surface area contributed by atoms with Gasteiger partial charge < -0.3 is 14.6 Å². The second-order valence-electron chi connectivity index (χ2n) is 8.15. The Labute approximate surface area is 173 Å². The van der Waals surface area contributed by atoms with E-state index < -0.39 is 0 Å². The highest BCUT2D eigenvalue weighted by Crippen LogP contribution is 2.31. The molecule has 2 fully saturated rings. The smallest absolute Gasteiger partial charge is 0.276 e. The van der Waals surface area contributed by atoms with E-state index in [0.29, 0.717) is 43.3 Å². The van der Waals surface area contributed by atoms with E-state index in [4.69, 9.17) is 9.84 Å². The number of fused-ring (bicyclic) bond motifs is 1. The molecular formula is C21H24N6O3. The zero-order valence-corrected chi connectivity index (χ0v) is 16.8. The van der Waals surface area contributed by atoms with Crippen molar-refractivity contribution in [2.24, 2.45) is 5.92 Å². The van der Waals surface area contributed by atoms with Crippen LogP contribution in [0.15, 0.2) is 35.4 Å². The van der Waals surface area contributed by atoms with Crippen molar-refractivity contribution < 1.29 is 9.53 Å². The van der Waals surface area contributed by atoms with Crippen LogP contribution in [0.3, 0.4) is 0 Å². The number of carbonyl (C=O) groups is 1. The Morgan fingerprint density at radius 1 is 1.20 bits per heavy atom. The summed E-state index contributed by atoms with van der Waals surface area (Å²) in [6.07, 6.45) is 4.95. The molecule has 1 N–H and O–H groups in total. The number of ether oxygens (including phenoxy) is 1. The molecule has 2 atom stereocenters. The van der Waals surface area contributed by atoms with E-state index in [0.717, 1.165) is 18.7 Å². The van der Waals surface area contributed by atoms with Crippen LogP contribution in [0.5, 0.6) is 0 Å². The second-order valence-corrected chi connectivity index (χ2v) is 8.15. The Kier molecular flexibility index (Phi) is 4.82. The van der Waals surface area contributed by atoms with Crippen LogP contribution in [0.2, 0.25) is 0 Å². The topological polar surface area (TPSA) is 105 Å². The molecule has 9 nitrogen and oxygen atoms in total. The lowest BCUT2D eigenvalue weighted by Gasteiger charge is -2.21. The summed E-state index contributed by atoms with van der Waals surface area (Å²) in [6.45, 7) is 4.55. The Bertz CT molecular complexity index is 1120. The number of imidazole rings is 1. The van der Waals surface area contributed by atoms with Gasteiger partial charge in [0.25, 0.3) is 11.5 Å². The summed E-state index contributed by atoms with van der Waals surface area (Å²) >= 11 is 0. The number of pyridine rings is 1. The van der Waals surface area contributed by atoms with Crippen LogP contribution in [0.4, 0.5) is 0 Å². The maximum Gasteiger partial charge on any atom is 0.276 e. The average Bonchev–Trinajstić information content (AvgIpc) is 3.38. The van der Waals surface area contributed by atoms with Crippen molar-refractivity contribution in [3.8, 4) is 0 Å². The van der Waals surface area contributed by atoms with E-state index >= 15 is 0 Å². The third kappa shape index (κ3) is 3.28. The van der Waals surface area contributed by atoms with Crippen molar-refractivity contribution in [2.45, 2.75) is 31.6 Å². The van der Waals surface area contributed by atoms with Crippen LogP contribution >= 0.6 is 0 Å². The third-order valence-electron chi connectivity index (χ3n) is 6.17. The number of H-pyrrole nitrogens is 1. The molecule has 3 aromatic heterocycles. The average molecular weight is 408 g/mol. The van der Waals surface area contributed by atoms with Gasteiger partial charge in [0, 0.05) is 44.3 Å². The lowest BCUT2D eigenvalue weighted by molar-refractivity contribution is 0.0781. The van der Waals surface area contributed by atoms with Gasteiger partial charge in [-0.1, -0.05) is 13.0 Å². The number of nitrogens with one attached hydrogen (secondary N) is 1. The molecule has 0 saturated carbocycles. The molecule has 2 unspecified atom stereocenters. The van der Waals surface area contributed by atoms with Crippen LogP contribution in [0.25, 0.3) is 5.52 Å². The van der Waals surface area contributed by atoms with Gasteiger partial charge in [0.2, 0.25) is 0 Å². The summed E-state index contributed by atoms with van der Waals surface area (Å²) in [6, 6.07) is 5.32. The van der Waals surface area contributed by atoms with E-state index in [1.165, 1.54) is 0 Å². The van der Waals surface area contributed by atoms with Crippen LogP contribution in [-0.4, -0.2) is 61.7 Å². The number of hydrogen-bond donors (Lipinski definition) is 1. The maximum atomic E-state index is 12.8. The summed E-state index contributed by atoms with van der Waals surface area (Å²) in [7, 11) is 0. The Morgan fingerprint density at radius 3 is 2.80 bits per heavy atom. The Balaban J connectivity index is 1.45. The fourth-order valence-corrected chi connectivity index (χ4v) is 4.47. The van der Waals surface area contributed by atoms with Gasteiger partial charge in [-0.15, -0.1) is 0 Å². The highest BCUT2D eigenvalue weighted by molar-refractivity contribution is 5.92. The van der Waals surface area contributed by atoms with E-state index in [2.05, 4.69) is 21.9 Å². The van der Waals surface area contributed by atoms with E-state index in [-0.39, 0.29) is 29.2 Å². The normalized spacial score (nSPS) is 22.6. The molecule has 5 rings (SSSR count). The minimum absolute atomic E-state index is 0.0558. The van der Waals surface area contributed by atoms with Crippen molar-refractivity contribution in [2.75, 3.05) is 26.3 Å². The SMILES string of the molecule is CC1CN(C(=O)c2ccccn2)CC1c1nn2c(C3CCOCC3)ncc2c(=O)[nH]1. The number of aromatic amines is 1. The minimum Gasteiger partial charge on any atom is -0.381 e. The summed E-state index contributed by atoms with van der Waals surface area (Å²) < 4.78 is 7.15. The van der Waals surface area contributed by atoms with E-state index in [1.54, 1.807) is 40.0 Å². The zero-order chi connectivity index (χ0) is 20.7. The van der Waals surface area contributed by atoms with Gasteiger partial charge in [-0.2, -0.15) is 5.10 Å². The van der Waals surface area contributed by atoms with Crippen molar-refractivity contribution >= 4 is 11.4 Å². The van der Waals surface area contributed by atoms with Crippen LogP contribution in [0.1, 0.15) is 53.7 Å². The molecule has 0 radical (unpaired) electrons. The van der Waals surface area contributed by atoms with Gasteiger partial charge in [-0.3, -0.25) is 14.6 Å². The molecule has 0 spiro atoms. The first-order valence-electron chi connectivity index (χ1n) is 10.4. The molecule has 1 amide bonds. The van der Waals surface area contributed by atoms with Gasteiger partial charge in [-0.05, 0) is 30.9 Å². The van der Waals surface area contributed by atoms with Gasteiger partial charge in [0.05, 0.1) is 6.20 Å². The van der Waals surface area contributed by atoms with Crippen molar-refractivity contribution in [1.82, 2.24) is 29.5 Å². The van der Waals surface area contributed by atoms with Gasteiger partial charge >= 0.3 is 0 Å². The van der Waals surface area contributed by atoms with E-state index in [9.17, 15) is 9.59 Å². The summed E-state index contributed by atoms with van der Waals surface area (Å²) in [5.41, 5.74) is 0.679. The molecular weight excluding hydrogens is 384 g/mol. The molecule has 3 aromatic rings. The van der Waals surface area contributed by atoms with Gasteiger partial charge in [0.15, 0.2) is 5.52 Å². The van der Waals surface area contributed by atoms with Crippen molar-refractivity contribution in [1.29, 1.82) is 0 Å². The summed E-state index contributed by atoms with van der Waals surface area (Å²) in [5, 5.41) is 4.77. The lowest BCUT2D eigenvalue weighted by atomic mass is 9.97. The summed E-state index contributed by atoms with van der Waals surface area (Å²) in [5.74, 6) is 1.65. The highest BCUT2D eigenvalue weighted by Gasteiger charge is 2.36. The van der Waals surface area contributed by atoms with Crippen LogP contribution in [0, 0.1) is 5.92 Å². The fourth-order valence-electron chi connectivity index (χ4n) is 4.47. The lowest BCUT2D eigenvalue weighted by Crippen LogP contribution is -2.30. The number of likely N-dealkylation sites (tertiary alicyclic amines) is 1. The zero-order valence-electron chi connectivity index (χ0n) is 16.8. The predicted molar refractivity (Wildman–Crippen MR) is 108 cm³/mol. The second kappa shape index (κ2) is 7.64. The molecule has 0 bridgehead atoms. The van der Waals surface area contributed by atoms with Crippen molar-refractivity contribution in [3.05, 3.63) is 58.3 Å². The van der Waals surface area contributed by atoms with Crippen LogP contribution in [-0.2, 0) is 4.74 Å².